The molecular formula is C31H25N2S2+. The summed E-state index contributed by atoms with van der Waals surface area (Å²) in [5.74, 6) is 0. The summed E-state index contributed by atoms with van der Waals surface area (Å²) in [5, 5.41) is 3.66. The number of hydrogen-bond donors (Lipinski definition) is 1. The Hall–Kier alpha value is -3.60. The van der Waals surface area contributed by atoms with Crippen LogP contribution in [-0.2, 0) is 10.9 Å². The molecule has 1 heterocycles. The Balaban J connectivity index is 1.26. The normalized spacial score (nSPS) is 12.2. The van der Waals surface area contributed by atoms with Gasteiger partial charge in [-0.1, -0.05) is 72.4 Å². The number of rotatable bonds is 6. The van der Waals surface area contributed by atoms with Crippen molar-refractivity contribution in [1.82, 2.24) is 0 Å². The van der Waals surface area contributed by atoms with Crippen LogP contribution < -0.4 is 10.2 Å². The highest BCUT2D eigenvalue weighted by Crippen LogP contribution is 2.47. The van der Waals surface area contributed by atoms with Crippen LogP contribution in [0.4, 0.5) is 17.1 Å². The van der Waals surface area contributed by atoms with Gasteiger partial charge in [-0.3, -0.25) is 0 Å². The van der Waals surface area contributed by atoms with Crippen LogP contribution in [0.1, 0.15) is 0 Å². The van der Waals surface area contributed by atoms with Crippen LogP contribution in [0.2, 0.25) is 0 Å². The fourth-order valence-corrected chi connectivity index (χ4v) is 7.53. The number of fused-ring (bicyclic) bond motifs is 2. The molecule has 35 heavy (non-hydrogen) atoms. The van der Waals surface area contributed by atoms with Crippen molar-refractivity contribution in [2.45, 2.75) is 24.5 Å². The lowest BCUT2D eigenvalue weighted by molar-refractivity contribution is 0.988. The van der Waals surface area contributed by atoms with E-state index in [0.29, 0.717) is 6.67 Å². The van der Waals surface area contributed by atoms with E-state index in [4.69, 9.17) is 0 Å². The second-order valence-corrected chi connectivity index (χ2v) is 11.4. The van der Waals surface area contributed by atoms with E-state index in [1.54, 1.807) is 0 Å². The molecule has 0 spiro atoms. The van der Waals surface area contributed by atoms with E-state index in [-0.39, 0.29) is 10.9 Å². The first-order valence-electron chi connectivity index (χ1n) is 11.7. The van der Waals surface area contributed by atoms with Crippen LogP contribution in [-0.4, -0.2) is 6.67 Å². The molecule has 6 rings (SSSR count). The lowest BCUT2D eigenvalue weighted by atomic mass is 10.2. The first kappa shape index (κ1) is 21.9. The molecule has 0 aliphatic carbocycles. The maximum Gasteiger partial charge on any atom is 0.166 e. The van der Waals surface area contributed by atoms with Gasteiger partial charge in [0.2, 0.25) is 0 Å². The predicted molar refractivity (Wildman–Crippen MR) is 149 cm³/mol. The molecule has 1 aliphatic heterocycles. The van der Waals surface area contributed by atoms with Crippen LogP contribution in [0.3, 0.4) is 0 Å². The van der Waals surface area contributed by atoms with Crippen LogP contribution in [0.15, 0.2) is 158 Å². The van der Waals surface area contributed by atoms with Gasteiger partial charge in [-0.05, 0) is 72.8 Å². The smallest absolute Gasteiger partial charge is 0.166 e. The summed E-state index contributed by atoms with van der Waals surface area (Å²) in [4.78, 5) is 8.93. The van der Waals surface area contributed by atoms with Gasteiger partial charge in [-0.25, -0.2) is 0 Å². The molecule has 1 aliphatic rings. The van der Waals surface area contributed by atoms with E-state index in [9.17, 15) is 0 Å². The highest BCUT2D eigenvalue weighted by Gasteiger charge is 2.28. The first-order chi connectivity index (χ1) is 17.4. The van der Waals surface area contributed by atoms with Crippen molar-refractivity contribution < 1.29 is 0 Å². The zero-order chi connectivity index (χ0) is 23.5. The van der Waals surface area contributed by atoms with Gasteiger partial charge in [-0.2, -0.15) is 0 Å². The number of nitrogens with zero attached hydrogens (tertiary/aromatic N) is 1. The molecule has 4 heteroatoms. The van der Waals surface area contributed by atoms with Gasteiger partial charge in [0.15, 0.2) is 14.7 Å². The SMILES string of the molecule is c1ccc([S+](c2ccccc2)c2ccc(NCN3c4ccccc4Sc4ccccc43)cc2)cc1. The summed E-state index contributed by atoms with van der Waals surface area (Å²) < 4.78 is 0. The molecule has 1 N–H and O–H groups in total. The van der Waals surface area contributed by atoms with E-state index in [0.717, 1.165) is 5.69 Å². The molecule has 0 bridgehead atoms. The fourth-order valence-electron chi connectivity index (χ4n) is 4.35. The van der Waals surface area contributed by atoms with Gasteiger partial charge in [0.25, 0.3) is 0 Å². The van der Waals surface area contributed by atoms with Gasteiger partial charge < -0.3 is 10.2 Å². The molecule has 0 fully saturated rings. The third kappa shape index (κ3) is 4.55. The van der Waals surface area contributed by atoms with E-state index in [1.165, 1.54) is 35.9 Å². The van der Waals surface area contributed by atoms with Gasteiger partial charge >= 0.3 is 0 Å². The molecule has 0 aromatic heterocycles. The Morgan fingerprint density at radius 1 is 0.514 bits per heavy atom. The van der Waals surface area contributed by atoms with Gasteiger partial charge in [-0.15, -0.1) is 0 Å². The van der Waals surface area contributed by atoms with Crippen LogP contribution >= 0.6 is 11.8 Å². The molecule has 0 saturated carbocycles. The maximum absolute atomic E-state index is 3.66. The summed E-state index contributed by atoms with van der Waals surface area (Å²) in [6.45, 7) is 0.705. The molecule has 0 radical (unpaired) electrons. The van der Waals surface area contributed by atoms with Crippen molar-refractivity contribution in [1.29, 1.82) is 0 Å². The van der Waals surface area contributed by atoms with Crippen LogP contribution in [0.5, 0.6) is 0 Å². The molecule has 0 atom stereocenters. The average Bonchev–Trinajstić information content (AvgIpc) is 2.93. The van der Waals surface area contributed by atoms with E-state index >= 15 is 0 Å². The average molecular weight is 490 g/mol. The molecule has 0 saturated heterocycles. The van der Waals surface area contributed by atoms with E-state index < -0.39 is 0 Å². The monoisotopic (exact) mass is 489 g/mol. The zero-order valence-electron chi connectivity index (χ0n) is 19.2. The van der Waals surface area contributed by atoms with Crippen molar-refractivity contribution >= 4 is 39.7 Å². The van der Waals surface area contributed by atoms with Crippen molar-refractivity contribution in [2.75, 3.05) is 16.9 Å². The molecule has 5 aromatic carbocycles. The lowest BCUT2D eigenvalue weighted by Crippen LogP contribution is -2.26. The minimum absolute atomic E-state index is 0.132. The Morgan fingerprint density at radius 3 is 1.51 bits per heavy atom. The summed E-state index contributed by atoms with van der Waals surface area (Å²) in [7, 11) is -0.132. The molecule has 0 amide bonds. The Morgan fingerprint density at radius 2 is 0.971 bits per heavy atom. The summed E-state index contributed by atoms with van der Waals surface area (Å²) >= 11 is 1.84. The molecular weight excluding hydrogens is 464 g/mol. The molecule has 2 nitrogen and oxygen atoms in total. The fraction of sp³-hybridized carbons (Fsp3) is 0.0323. The first-order valence-corrected chi connectivity index (χ1v) is 13.7. The predicted octanol–water partition coefficient (Wildman–Crippen LogP) is 8.45. The molecule has 5 aromatic rings. The highest BCUT2D eigenvalue weighted by atomic mass is 32.2. The number of hydrogen-bond acceptors (Lipinski definition) is 3. The summed E-state index contributed by atoms with van der Waals surface area (Å²) in [6.07, 6.45) is 0. The largest absolute Gasteiger partial charge is 0.367 e. The number of anilines is 3. The Labute approximate surface area is 214 Å². The van der Waals surface area contributed by atoms with Crippen LogP contribution in [0, 0.1) is 0 Å². The molecule has 170 valence electrons. The van der Waals surface area contributed by atoms with Crippen molar-refractivity contribution in [2.24, 2.45) is 0 Å². The minimum Gasteiger partial charge on any atom is -0.367 e. The second kappa shape index (κ2) is 9.95. The number of para-hydroxylation sites is 2. The summed E-state index contributed by atoms with van der Waals surface area (Å²) in [6, 6.07) is 47.8. The lowest BCUT2D eigenvalue weighted by Gasteiger charge is -2.33. The third-order valence-electron chi connectivity index (χ3n) is 6.02. The Bertz CT molecular complexity index is 1330. The van der Waals surface area contributed by atoms with Crippen molar-refractivity contribution in [3.63, 3.8) is 0 Å². The van der Waals surface area contributed by atoms with Gasteiger partial charge in [0.1, 0.15) is 0 Å². The number of benzene rings is 5. The van der Waals surface area contributed by atoms with E-state index in [1.807, 2.05) is 11.8 Å². The maximum atomic E-state index is 3.66. The quantitative estimate of drug-likeness (QED) is 0.241. The molecule has 0 unspecified atom stereocenters. The minimum atomic E-state index is -0.132. The third-order valence-corrected chi connectivity index (χ3v) is 9.38. The van der Waals surface area contributed by atoms with Gasteiger partial charge in [0, 0.05) is 15.5 Å². The number of nitrogens with one attached hydrogen (secondary N) is 1. The second-order valence-electron chi connectivity index (χ2n) is 8.26. The standard InChI is InChI=1S/C31H25N2S2/c1-3-11-25(12-4-1)35(26-13-5-2-6-14-26)27-21-19-24(20-22-27)32-23-33-28-15-7-9-17-30(28)34-31-18-10-8-16-29(31)33/h1-22,32H,23H2/q+1. The van der Waals surface area contributed by atoms with Crippen LogP contribution in [0.25, 0.3) is 0 Å². The zero-order valence-corrected chi connectivity index (χ0v) is 20.8. The van der Waals surface area contributed by atoms with E-state index in [2.05, 4.69) is 144 Å². The van der Waals surface area contributed by atoms with Crippen molar-refractivity contribution in [3.05, 3.63) is 133 Å². The van der Waals surface area contributed by atoms with Crippen molar-refractivity contribution in [3.8, 4) is 0 Å². The Kier molecular flexibility index (Phi) is 6.22. The van der Waals surface area contributed by atoms with Gasteiger partial charge in [0.05, 0.1) is 28.9 Å². The topological polar surface area (TPSA) is 15.3 Å². The summed E-state index contributed by atoms with van der Waals surface area (Å²) in [5.41, 5.74) is 3.61. The highest BCUT2D eigenvalue weighted by molar-refractivity contribution is 7.99.